The van der Waals surface area contributed by atoms with Crippen LogP contribution in [-0.2, 0) is 9.59 Å². The Morgan fingerprint density at radius 2 is 1.92 bits per heavy atom. The van der Waals surface area contributed by atoms with E-state index in [0.717, 1.165) is 25.0 Å². The highest BCUT2D eigenvalue weighted by Gasteiger charge is 2.31. The number of carbonyl (C=O) groups excluding carboxylic acids is 1. The van der Waals surface area contributed by atoms with Gasteiger partial charge in [0.05, 0.1) is 6.54 Å². The first-order valence-electron chi connectivity index (χ1n) is 7.37. The van der Waals surface area contributed by atoms with Gasteiger partial charge in [-0.25, -0.2) is 0 Å². The molecular formula is C15H17F3N2O4. The fourth-order valence-corrected chi connectivity index (χ4v) is 2.58. The van der Waals surface area contributed by atoms with E-state index in [1.165, 1.54) is 12.1 Å². The summed E-state index contributed by atoms with van der Waals surface area (Å²) in [6, 6.07) is 4.05. The molecule has 0 radical (unpaired) electrons. The van der Waals surface area contributed by atoms with Gasteiger partial charge >= 0.3 is 12.3 Å². The lowest BCUT2D eigenvalue weighted by Crippen LogP contribution is -2.47. The minimum absolute atomic E-state index is 0.0855. The van der Waals surface area contributed by atoms with Crippen LogP contribution in [0, 0.1) is 0 Å². The average molecular weight is 346 g/mol. The molecule has 2 N–H and O–H groups in total. The first-order valence-corrected chi connectivity index (χ1v) is 7.37. The molecule has 1 amide bonds. The molecule has 132 valence electrons. The van der Waals surface area contributed by atoms with E-state index in [4.69, 9.17) is 5.11 Å². The minimum atomic E-state index is -4.77. The maximum absolute atomic E-state index is 12.1. The van der Waals surface area contributed by atoms with Crippen molar-refractivity contribution in [2.24, 2.45) is 0 Å². The third-order valence-electron chi connectivity index (χ3n) is 3.62. The summed E-state index contributed by atoms with van der Waals surface area (Å²) in [6.45, 7) is 0.431. The van der Waals surface area contributed by atoms with Crippen molar-refractivity contribution in [2.45, 2.75) is 31.7 Å². The van der Waals surface area contributed by atoms with Crippen LogP contribution in [0.4, 0.5) is 18.9 Å². The first-order chi connectivity index (χ1) is 11.2. The van der Waals surface area contributed by atoms with Gasteiger partial charge in [-0.05, 0) is 43.7 Å². The number of ether oxygens (including phenoxy) is 1. The number of benzene rings is 1. The smallest absolute Gasteiger partial charge is 0.480 e. The van der Waals surface area contributed by atoms with Crippen molar-refractivity contribution >= 4 is 17.6 Å². The number of carbonyl (C=O) groups is 2. The number of nitrogens with zero attached hydrogens (tertiary/aromatic N) is 1. The molecule has 0 aromatic heterocycles. The number of aliphatic carboxylic acids is 1. The van der Waals surface area contributed by atoms with Crippen LogP contribution in [0.1, 0.15) is 19.3 Å². The molecule has 0 bridgehead atoms. The molecule has 1 saturated heterocycles. The van der Waals surface area contributed by atoms with E-state index in [-0.39, 0.29) is 12.3 Å². The Morgan fingerprint density at radius 1 is 1.25 bits per heavy atom. The van der Waals surface area contributed by atoms with E-state index in [9.17, 15) is 22.8 Å². The summed E-state index contributed by atoms with van der Waals surface area (Å²) in [4.78, 5) is 24.8. The van der Waals surface area contributed by atoms with E-state index in [0.29, 0.717) is 18.7 Å². The second kappa shape index (κ2) is 7.52. The molecular weight excluding hydrogens is 329 g/mol. The van der Waals surface area contributed by atoms with Gasteiger partial charge < -0.3 is 15.2 Å². The predicted octanol–water partition coefficient (Wildman–Crippen LogP) is 2.46. The first kappa shape index (κ1) is 18.1. The van der Waals surface area contributed by atoms with Gasteiger partial charge in [0.2, 0.25) is 5.91 Å². The van der Waals surface area contributed by atoms with Crippen molar-refractivity contribution in [3.63, 3.8) is 0 Å². The molecule has 1 atom stereocenters. The quantitative estimate of drug-likeness (QED) is 0.856. The molecule has 0 saturated carbocycles. The molecule has 0 aliphatic carbocycles. The van der Waals surface area contributed by atoms with Gasteiger partial charge in [-0.1, -0.05) is 6.42 Å². The zero-order valence-corrected chi connectivity index (χ0v) is 12.7. The zero-order chi connectivity index (χ0) is 17.7. The summed E-state index contributed by atoms with van der Waals surface area (Å²) in [6.07, 6.45) is -2.66. The van der Waals surface area contributed by atoms with Crippen LogP contribution in [0.2, 0.25) is 0 Å². The molecule has 24 heavy (non-hydrogen) atoms. The lowest BCUT2D eigenvalue weighted by Gasteiger charge is -2.32. The molecule has 1 aromatic rings. The van der Waals surface area contributed by atoms with Crippen LogP contribution in [0.5, 0.6) is 5.75 Å². The Labute approximate surface area is 136 Å². The maximum atomic E-state index is 12.1. The van der Waals surface area contributed by atoms with Crippen molar-refractivity contribution in [1.82, 2.24) is 4.90 Å². The van der Waals surface area contributed by atoms with Gasteiger partial charge in [-0.2, -0.15) is 0 Å². The second-order valence-electron chi connectivity index (χ2n) is 5.44. The minimum Gasteiger partial charge on any atom is -0.480 e. The Morgan fingerprint density at radius 3 is 2.50 bits per heavy atom. The number of carboxylic acids is 1. The molecule has 1 unspecified atom stereocenters. The van der Waals surface area contributed by atoms with E-state index in [1.807, 2.05) is 0 Å². The summed E-state index contributed by atoms with van der Waals surface area (Å²) >= 11 is 0. The standard InChI is InChI=1S/C15H17F3N2O4/c16-15(17,18)24-11-6-4-10(5-7-11)19-13(21)9-20-8-2-1-3-12(20)14(22)23/h4-7,12H,1-3,8-9H2,(H,19,21)(H,22,23). The number of alkyl halides is 3. The number of anilines is 1. The van der Waals surface area contributed by atoms with E-state index >= 15 is 0 Å². The number of carboxylic acid groups (broad SMARTS) is 1. The zero-order valence-electron chi connectivity index (χ0n) is 12.7. The van der Waals surface area contributed by atoms with Crippen molar-refractivity contribution in [1.29, 1.82) is 0 Å². The van der Waals surface area contributed by atoms with Crippen molar-refractivity contribution in [3.8, 4) is 5.75 Å². The lowest BCUT2D eigenvalue weighted by atomic mass is 10.0. The normalized spacial score (nSPS) is 18.9. The third-order valence-corrected chi connectivity index (χ3v) is 3.62. The highest BCUT2D eigenvalue weighted by molar-refractivity contribution is 5.92. The van der Waals surface area contributed by atoms with Gasteiger partial charge in [0.25, 0.3) is 0 Å². The van der Waals surface area contributed by atoms with Crippen LogP contribution in [0.25, 0.3) is 0 Å². The van der Waals surface area contributed by atoms with Crippen LogP contribution in [-0.4, -0.2) is 47.4 Å². The molecule has 6 nitrogen and oxygen atoms in total. The molecule has 1 aliphatic heterocycles. The number of amides is 1. The average Bonchev–Trinajstić information content (AvgIpc) is 2.48. The van der Waals surface area contributed by atoms with Gasteiger partial charge in [0, 0.05) is 5.69 Å². The van der Waals surface area contributed by atoms with Gasteiger partial charge in [-0.15, -0.1) is 13.2 Å². The van der Waals surface area contributed by atoms with Gasteiger partial charge in [-0.3, -0.25) is 14.5 Å². The van der Waals surface area contributed by atoms with Gasteiger partial charge in [0.15, 0.2) is 0 Å². The molecule has 1 heterocycles. The number of hydrogen-bond donors (Lipinski definition) is 2. The molecule has 1 aromatic carbocycles. The highest BCUT2D eigenvalue weighted by Crippen LogP contribution is 2.24. The second-order valence-corrected chi connectivity index (χ2v) is 5.44. The third kappa shape index (κ3) is 5.41. The Bertz CT molecular complexity index is 589. The lowest BCUT2D eigenvalue weighted by molar-refractivity contribution is -0.274. The summed E-state index contributed by atoms with van der Waals surface area (Å²) in [7, 11) is 0. The SMILES string of the molecule is O=C(CN1CCCCC1C(=O)O)Nc1ccc(OC(F)(F)F)cc1. The van der Waals surface area contributed by atoms with Crippen LogP contribution < -0.4 is 10.1 Å². The fraction of sp³-hybridized carbons (Fsp3) is 0.467. The van der Waals surface area contributed by atoms with Crippen molar-refractivity contribution in [2.75, 3.05) is 18.4 Å². The Balaban J connectivity index is 1.91. The van der Waals surface area contributed by atoms with E-state index < -0.39 is 24.3 Å². The summed E-state index contributed by atoms with van der Waals surface area (Å²) in [5.74, 6) is -1.77. The number of hydrogen-bond acceptors (Lipinski definition) is 4. The van der Waals surface area contributed by atoms with Gasteiger partial charge in [0.1, 0.15) is 11.8 Å². The summed E-state index contributed by atoms with van der Waals surface area (Å²) in [5, 5.41) is 11.7. The monoisotopic (exact) mass is 346 g/mol. The number of nitrogens with one attached hydrogen (secondary N) is 1. The molecule has 1 aliphatic rings. The predicted molar refractivity (Wildman–Crippen MR) is 78.6 cm³/mol. The summed E-state index contributed by atoms with van der Waals surface area (Å²) < 4.78 is 39.9. The van der Waals surface area contributed by atoms with E-state index in [1.54, 1.807) is 4.90 Å². The molecule has 2 rings (SSSR count). The maximum Gasteiger partial charge on any atom is 0.573 e. The molecule has 1 fully saturated rings. The number of rotatable bonds is 5. The topological polar surface area (TPSA) is 78.9 Å². The van der Waals surface area contributed by atoms with E-state index in [2.05, 4.69) is 10.1 Å². The Kier molecular flexibility index (Phi) is 5.66. The van der Waals surface area contributed by atoms with Crippen molar-refractivity contribution in [3.05, 3.63) is 24.3 Å². The van der Waals surface area contributed by atoms with Crippen LogP contribution in [0.3, 0.4) is 0 Å². The Hall–Kier alpha value is -2.29. The summed E-state index contributed by atoms with van der Waals surface area (Å²) in [5.41, 5.74) is 0.304. The van der Waals surface area contributed by atoms with Crippen LogP contribution in [0.15, 0.2) is 24.3 Å². The number of halogens is 3. The van der Waals surface area contributed by atoms with Crippen molar-refractivity contribution < 1.29 is 32.6 Å². The molecule has 9 heteroatoms. The fourth-order valence-electron chi connectivity index (χ4n) is 2.58. The highest BCUT2D eigenvalue weighted by atomic mass is 19.4. The van der Waals surface area contributed by atoms with Crippen LogP contribution >= 0.6 is 0 Å². The molecule has 0 spiro atoms. The number of piperidine rings is 1. The number of likely N-dealkylation sites (tertiary alicyclic amines) is 1. The largest absolute Gasteiger partial charge is 0.573 e.